The first-order valence-corrected chi connectivity index (χ1v) is 11.5. The van der Waals surface area contributed by atoms with Gasteiger partial charge in [-0.1, -0.05) is 6.07 Å². The fourth-order valence-electron chi connectivity index (χ4n) is 3.98. The molecule has 0 saturated heterocycles. The molecule has 1 unspecified atom stereocenters. The van der Waals surface area contributed by atoms with Crippen molar-refractivity contribution in [1.82, 2.24) is 5.32 Å². The zero-order valence-corrected chi connectivity index (χ0v) is 21.0. The molecule has 2 aromatic rings. The van der Waals surface area contributed by atoms with E-state index < -0.39 is 0 Å². The molecular weight excluding hydrogens is 426 g/mol. The molecular formula is C26H38ClNO4. The van der Waals surface area contributed by atoms with Crippen molar-refractivity contribution in [3.05, 3.63) is 47.0 Å². The Hall–Kier alpha value is -2.11. The lowest BCUT2D eigenvalue weighted by atomic mass is 9.89. The Balaban J connectivity index is 0.00000363. The lowest BCUT2D eigenvalue weighted by Crippen LogP contribution is -2.31. The number of halogens is 1. The standard InChI is InChI=1S/C26H37NO4.ClH/c1-7-28-24-15-20-11-12-27-22(21(20)16-25(24)29-8-2)13-19-9-10-23(30-17(3)4)26(14-19)31-18(5)6;/h9-10,14-18,22,27H,7-8,11-13H2,1-6H3;1H. The molecule has 1 heterocycles. The van der Waals surface area contributed by atoms with Crippen molar-refractivity contribution in [2.75, 3.05) is 19.8 Å². The minimum atomic E-state index is 0. The van der Waals surface area contributed by atoms with Crippen LogP contribution in [0.1, 0.15) is 64.3 Å². The number of benzene rings is 2. The molecule has 1 N–H and O–H groups in total. The predicted molar refractivity (Wildman–Crippen MR) is 132 cm³/mol. The summed E-state index contributed by atoms with van der Waals surface area (Å²) in [5.74, 6) is 3.26. The van der Waals surface area contributed by atoms with E-state index in [9.17, 15) is 0 Å². The highest BCUT2D eigenvalue weighted by molar-refractivity contribution is 5.85. The molecule has 0 amide bonds. The molecule has 0 spiro atoms. The summed E-state index contributed by atoms with van der Waals surface area (Å²) in [7, 11) is 0. The van der Waals surface area contributed by atoms with Crippen molar-refractivity contribution in [3.63, 3.8) is 0 Å². The Bertz CT molecular complexity index is 869. The molecule has 3 rings (SSSR count). The van der Waals surface area contributed by atoms with Gasteiger partial charge in [0.25, 0.3) is 0 Å². The Kier molecular flexibility index (Phi) is 9.98. The first kappa shape index (κ1) is 26.1. The van der Waals surface area contributed by atoms with Crippen LogP contribution in [0.15, 0.2) is 30.3 Å². The number of fused-ring (bicyclic) bond motifs is 1. The average Bonchev–Trinajstić information content (AvgIpc) is 2.70. The van der Waals surface area contributed by atoms with Crippen molar-refractivity contribution in [2.24, 2.45) is 0 Å². The van der Waals surface area contributed by atoms with Gasteiger partial charge in [0.05, 0.1) is 25.4 Å². The van der Waals surface area contributed by atoms with Gasteiger partial charge in [0.1, 0.15) is 0 Å². The maximum atomic E-state index is 6.06. The van der Waals surface area contributed by atoms with E-state index in [0.717, 1.165) is 42.4 Å². The summed E-state index contributed by atoms with van der Waals surface area (Å²) in [4.78, 5) is 0. The van der Waals surface area contributed by atoms with Crippen molar-refractivity contribution in [1.29, 1.82) is 0 Å². The topological polar surface area (TPSA) is 49.0 Å². The van der Waals surface area contributed by atoms with Crippen molar-refractivity contribution in [2.45, 2.75) is 72.6 Å². The van der Waals surface area contributed by atoms with Crippen LogP contribution in [0.25, 0.3) is 0 Å². The van der Waals surface area contributed by atoms with Crippen LogP contribution in [0, 0.1) is 0 Å². The minimum absolute atomic E-state index is 0. The molecule has 1 aliphatic rings. The quantitative estimate of drug-likeness (QED) is 0.474. The van der Waals surface area contributed by atoms with Crippen molar-refractivity contribution >= 4 is 12.4 Å². The second-order valence-corrected chi connectivity index (χ2v) is 8.44. The van der Waals surface area contributed by atoms with E-state index >= 15 is 0 Å². The summed E-state index contributed by atoms with van der Waals surface area (Å²) in [5.41, 5.74) is 3.82. The molecule has 178 valence electrons. The largest absolute Gasteiger partial charge is 0.490 e. The highest BCUT2D eigenvalue weighted by atomic mass is 35.5. The Morgan fingerprint density at radius 2 is 1.47 bits per heavy atom. The molecule has 2 aromatic carbocycles. The first-order chi connectivity index (χ1) is 14.9. The fraction of sp³-hybridized carbons (Fsp3) is 0.538. The fourth-order valence-corrected chi connectivity index (χ4v) is 3.98. The number of rotatable bonds is 10. The van der Waals surface area contributed by atoms with Crippen LogP contribution >= 0.6 is 12.4 Å². The third-order valence-corrected chi connectivity index (χ3v) is 5.14. The Labute approximate surface area is 199 Å². The Morgan fingerprint density at radius 3 is 2.09 bits per heavy atom. The third-order valence-electron chi connectivity index (χ3n) is 5.14. The average molecular weight is 464 g/mol. The molecule has 1 aliphatic heterocycles. The van der Waals surface area contributed by atoms with Gasteiger partial charge in [0.15, 0.2) is 23.0 Å². The van der Waals surface area contributed by atoms with Crippen LogP contribution in [0.5, 0.6) is 23.0 Å². The summed E-state index contributed by atoms with van der Waals surface area (Å²) in [6.07, 6.45) is 2.04. The van der Waals surface area contributed by atoms with E-state index in [1.165, 1.54) is 16.7 Å². The smallest absolute Gasteiger partial charge is 0.161 e. The first-order valence-electron chi connectivity index (χ1n) is 11.5. The van der Waals surface area contributed by atoms with Crippen LogP contribution in [-0.4, -0.2) is 32.0 Å². The molecule has 0 radical (unpaired) electrons. The monoisotopic (exact) mass is 463 g/mol. The maximum Gasteiger partial charge on any atom is 0.161 e. The third kappa shape index (κ3) is 6.69. The molecule has 0 bridgehead atoms. The number of nitrogens with one attached hydrogen (secondary N) is 1. The lowest BCUT2D eigenvalue weighted by Gasteiger charge is -2.29. The van der Waals surface area contributed by atoms with Crippen LogP contribution in [0.3, 0.4) is 0 Å². The SMILES string of the molecule is CCOc1cc2c(cc1OCC)C(Cc1ccc(OC(C)C)c(OC(C)C)c1)NCC2.Cl. The molecule has 0 aliphatic carbocycles. The van der Waals surface area contributed by atoms with Gasteiger partial charge in [-0.3, -0.25) is 0 Å². The molecule has 6 heteroatoms. The second kappa shape index (κ2) is 12.2. The summed E-state index contributed by atoms with van der Waals surface area (Å²) >= 11 is 0. The van der Waals surface area contributed by atoms with E-state index in [4.69, 9.17) is 18.9 Å². The molecule has 5 nitrogen and oxygen atoms in total. The van der Waals surface area contributed by atoms with Crippen LogP contribution in [-0.2, 0) is 12.8 Å². The minimum Gasteiger partial charge on any atom is -0.490 e. The van der Waals surface area contributed by atoms with E-state index in [1.54, 1.807) is 0 Å². The van der Waals surface area contributed by atoms with Crippen LogP contribution in [0.2, 0.25) is 0 Å². The summed E-state index contributed by atoms with van der Waals surface area (Å²) in [6.45, 7) is 14.3. The zero-order chi connectivity index (χ0) is 22.4. The molecule has 0 aromatic heterocycles. The second-order valence-electron chi connectivity index (χ2n) is 8.44. The summed E-state index contributed by atoms with van der Waals surface area (Å²) in [5, 5.41) is 3.68. The maximum absolute atomic E-state index is 6.06. The number of ether oxygens (including phenoxy) is 4. The van der Waals surface area contributed by atoms with Crippen molar-refractivity contribution < 1.29 is 18.9 Å². The summed E-state index contributed by atoms with van der Waals surface area (Å²) in [6, 6.07) is 10.8. The number of hydrogen-bond donors (Lipinski definition) is 1. The van der Waals surface area contributed by atoms with Gasteiger partial charge in [-0.05, 0) is 102 Å². The van der Waals surface area contributed by atoms with Gasteiger partial charge >= 0.3 is 0 Å². The molecule has 32 heavy (non-hydrogen) atoms. The highest BCUT2D eigenvalue weighted by Crippen LogP contribution is 2.38. The predicted octanol–water partition coefficient (Wildman–Crippen LogP) is 5.91. The van der Waals surface area contributed by atoms with Gasteiger partial charge in [0.2, 0.25) is 0 Å². The molecule has 0 fully saturated rings. The Morgan fingerprint density at radius 1 is 0.844 bits per heavy atom. The van der Waals surface area contributed by atoms with E-state index in [-0.39, 0.29) is 30.7 Å². The van der Waals surface area contributed by atoms with Gasteiger partial charge in [-0.25, -0.2) is 0 Å². The van der Waals surface area contributed by atoms with E-state index in [2.05, 4.69) is 29.6 Å². The number of hydrogen-bond acceptors (Lipinski definition) is 5. The van der Waals surface area contributed by atoms with Gasteiger partial charge in [-0.2, -0.15) is 0 Å². The van der Waals surface area contributed by atoms with Crippen LogP contribution in [0.4, 0.5) is 0 Å². The van der Waals surface area contributed by atoms with Crippen molar-refractivity contribution in [3.8, 4) is 23.0 Å². The van der Waals surface area contributed by atoms with E-state index in [1.807, 2.05) is 47.6 Å². The molecule has 1 atom stereocenters. The van der Waals surface area contributed by atoms with Gasteiger partial charge < -0.3 is 24.3 Å². The van der Waals surface area contributed by atoms with Gasteiger partial charge in [0, 0.05) is 6.04 Å². The normalized spacial score (nSPS) is 15.2. The van der Waals surface area contributed by atoms with E-state index in [0.29, 0.717) is 13.2 Å². The highest BCUT2D eigenvalue weighted by Gasteiger charge is 2.24. The van der Waals surface area contributed by atoms with Crippen LogP contribution < -0.4 is 24.3 Å². The lowest BCUT2D eigenvalue weighted by molar-refractivity contribution is 0.198. The van der Waals surface area contributed by atoms with Gasteiger partial charge in [-0.15, -0.1) is 12.4 Å². The summed E-state index contributed by atoms with van der Waals surface area (Å²) < 4.78 is 23.7. The zero-order valence-electron chi connectivity index (χ0n) is 20.2. The molecule has 0 saturated carbocycles.